The van der Waals surface area contributed by atoms with Gasteiger partial charge < -0.3 is 9.64 Å². The van der Waals surface area contributed by atoms with E-state index in [1.165, 1.54) is 24.3 Å². The molecule has 1 amide bonds. The van der Waals surface area contributed by atoms with E-state index in [1.54, 1.807) is 24.2 Å². The number of amides is 1. The summed E-state index contributed by atoms with van der Waals surface area (Å²) in [7, 11) is 0. The van der Waals surface area contributed by atoms with Crippen molar-refractivity contribution in [2.24, 2.45) is 0 Å². The molecule has 0 radical (unpaired) electrons. The van der Waals surface area contributed by atoms with Crippen LogP contribution in [0.25, 0.3) is 0 Å². The van der Waals surface area contributed by atoms with Gasteiger partial charge in [0.15, 0.2) is 6.10 Å². The van der Waals surface area contributed by atoms with E-state index >= 15 is 0 Å². The number of carbonyl (C=O) groups is 1. The highest BCUT2D eigenvalue weighted by Gasteiger charge is 2.23. The second kappa shape index (κ2) is 9.13. The van der Waals surface area contributed by atoms with E-state index in [4.69, 9.17) is 4.74 Å². The van der Waals surface area contributed by atoms with Gasteiger partial charge in [-0.05, 0) is 60.9 Å². The lowest BCUT2D eigenvalue weighted by atomic mass is 10.1. The third kappa shape index (κ3) is 5.16. The van der Waals surface area contributed by atoms with E-state index < -0.39 is 6.10 Å². The van der Waals surface area contributed by atoms with E-state index in [2.05, 4.69) is 4.98 Å². The number of nitrogens with zero attached hydrogens (tertiary/aromatic N) is 2. The number of benzene rings is 2. The average molecular weight is 378 g/mol. The van der Waals surface area contributed by atoms with Gasteiger partial charge >= 0.3 is 0 Å². The van der Waals surface area contributed by atoms with Crippen LogP contribution < -0.4 is 4.74 Å². The van der Waals surface area contributed by atoms with Crippen molar-refractivity contribution < 1.29 is 13.9 Å². The first-order valence-electron chi connectivity index (χ1n) is 9.17. The molecule has 0 aliphatic rings. The quantitative estimate of drug-likeness (QED) is 0.607. The standard InChI is InChI=1S/C23H23FN2O2/c1-17-6-3-4-8-20(17)16-26(15-19-7-5-13-25-14-19)23(27)18(2)28-22-11-9-21(24)10-12-22/h3-14,18H,15-16H2,1-2H3/t18-/m0/s1. The van der Waals surface area contributed by atoms with Crippen LogP contribution in [-0.4, -0.2) is 21.9 Å². The van der Waals surface area contributed by atoms with E-state index in [0.717, 1.165) is 16.7 Å². The first-order chi connectivity index (χ1) is 13.5. The zero-order valence-electron chi connectivity index (χ0n) is 16.0. The molecule has 1 aromatic heterocycles. The first-order valence-corrected chi connectivity index (χ1v) is 9.17. The molecule has 0 unspecified atom stereocenters. The molecule has 0 spiro atoms. The average Bonchev–Trinajstić information content (AvgIpc) is 2.71. The predicted octanol–water partition coefficient (Wildman–Crippen LogP) is 4.53. The van der Waals surface area contributed by atoms with Crippen LogP contribution in [-0.2, 0) is 17.9 Å². The molecule has 3 aromatic rings. The summed E-state index contributed by atoms with van der Waals surface area (Å²) in [6, 6.07) is 17.4. The predicted molar refractivity (Wildman–Crippen MR) is 106 cm³/mol. The van der Waals surface area contributed by atoms with Gasteiger partial charge in [0.2, 0.25) is 0 Å². The Hall–Kier alpha value is -3.21. The summed E-state index contributed by atoms with van der Waals surface area (Å²) in [5.41, 5.74) is 3.14. The number of rotatable bonds is 7. The summed E-state index contributed by atoms with van der Waals surface area (Å²) in [5.74, 6) is -0.0278. The van der Waals surface area contributed by atoms with Gasteiger partial charge in [-0.15, -0.1) is 0 Å². The lowest BCUT2D eigenvalue weighted by Gasteiger charge is -2.27. The number of pyridine rings is 1. The van der Waals surface area contributed by atoms with Crippen molar-refractivity contribution >= 4 is 5.91 Å². The zero-order chi connectivity index (χ0) is 19.9. The molecule has 1 atom stereocenters. The van der Waals surface area contributed by atoms with Crippen molar-refractivity contribution in [3.05, 3.63) is 95.6 Å². The van der Waals surface area contributed by atoms with Gasteiger partial charge in [0.05, 0.1) is 0 Å². The normalized spacial score (nSPS) is 11.7. The van der Waals surface area contributed by atoms with Crippen LogP contribution >= 0.6 is 0 Å². The second-order valence-electron chi connectivity index (χ2n) is 6.70. The smallest absolute Gasteiger partial charge is 0.263 e. The lowest BCUT2D eigenvalue weighted by molar-refractivity contribution is -0.139. The molecular weight excluding hydrogens is 355 g/mol. The summed E-state index contributed by atoms with van der Waals surface area (Å²) in [6.45, 7) is 4.63. The summed E-state index contributed by atoms with van der Waals surface area (Å²) >= 11 is 0. The summed E-state index contributed by atoms with van der Waals surface area (Å²) < 4.78 is 18.8. The number of aromatic nitrogens is 1. The van der Waals surface area contributed by atoms with Crippen molar-refractivity contribution in [2.75, 3.05) is 0 Å². The maximum atomic E-state index is 13.1. The molecule has 5 heteroatoms. The lowest BCUT2D eigenvalue weighted by Crippen LogP contribution is -2.39. The largest absolute Gasteiger partial charge is 0.481 e. The van der Waals surface area contributed by atoms with Crippen LogP contribution in [0.1, 0.15) is 23.6 Å². The minimum atomic E-state index is -0.703. The molecule has 0 N–H and O–H groups in total. The fourth-order valence-corrected chi connectivity index (χ4v) is 2.94. The molecule has 0 bridgehead atoms. The SMILES string of the molecule is Cc1ccccc1CN(Cc1cccnc1)C(=O)[C@H](C)Oc1ccc(F)cc1. The molecule has 28 heavy (non-hydrogen) atoms. The molecule has 0 saturated carbocycles. The van der Waals surface area contributed by atoms with Crippen molar-refractivity contribution in [1.82, 2.24) is 9.88 Å². The highest BCUT2D eigenvalue weighted by atomic mass is 19.1. The van der Waals surface area contributed by atoms with E-state index in [-0.39, 0.29) is 11.7 Å². The Labute approximate surface area is 164 Å². The zero-order valence-corrected chi connectivity index (χ0v) is 16.0. The Morgan fingerprint density at radius 1 is 1.07 bits per heavy atom. The van der Waals surface area contributed by atoms with Gasteiger partial charge in [-0.2, -0.15) is 0 Å². The molecule has 0 saturated heterocycles. The van der Waals surface area contributed by atoms with Crippen LogP contribution in [0, 0.1) is 12.7 Å². The fourth-order valence-electron chi connectivity index (χ4n) is 2.94. The molecule has 3 rings (SSSR count). The number of carbonyl (C=O) groups excluding carboxylic acids is 1. The highest BCUT2D eigenvalue weighted by molar-refractivity contribution is 5.81. The monoisotopic (exact) mass is 378 g/mol. The summed E-state index contributed by atoms with van der Waals surface area (Å²) in [6.07, 6.45) is 2.76. The van der Waals surface area contributed by atoms with E-state index in [0.29, 0.717) is 18.8 Å². The van der Waals surface area contributed by atoms with E-state index in [9.17, 15) is 9.18 Å². The van der Waals surface area contributed by atoms with Gasteiger partial charge in [0.1, 0.15) is 11.6 Å². The molecule has 0 aliphatic carbocycles. The van der Waals surface area contributed by atoms with Crippen LogP contribution in [0.5, 0.6) is 5.75 Å². The van der Waals surface area contributed by atoms with Crippen LogP contribution in [0.3, 0.4) is 0 Å². The molecule has 2 aromatic carbocycles. The fraction of sp³-hybridized carbons (Fsp3) is 0.217. The maximum Gasteiger partial charge on any atom is 0.263 e. The maximum absolute atomic E-state index is 13.1. The highest BCUT2D eigenvalue weighted by Crippen LogP contribution is 2.18. The van der Waals surface area contributed by atoms with Crippen LogP contribution in [0.4, 0.5) is 4.39 Å². The Bertz CT molecular complexity index is 913. The van der Waals surface area contributed by atoms with Gasteiger partial charge in [0, 0.05) is 25.5 Å². The van der Waals surface area contributed by atoms with Gasteiger partial charge in [-0.3, -0.25) is 9.78 Å². The number of hydrogen-bond donors (Lipinski definition) is 0. The topological polar surface area (TPSA) is 42.4 Å². The molecule has 0 fully saturated rings. The molecule has 4 nitrogen and oxygen atoms in total. The van der Waals surface area contributed by atoms with E-state index in [1.807, 2.05) is 43.3 Å². The second-order valence-corrected chi connectivity index (χ2v) is 6.70. The molecule has 0 aliphatic heterocycles. The number of ether oxygens (including phenoxy) is 1. The summed E-state index contributed by atoms with van der Waals surface area (Å²) in [5, 5.41) is 0. The molecular formula is C23H23FN2O2. The van der Waals surface area contributed by atoms with Gasteiger partial charge in [0.25, 0.3) is 5.91 Å². The molecule has 1 heterocycles. The Balaban J connectivity index is 1.78. The Morgan fingerprint density at radius 2 is 1.82 bits per heavy atom. The number of hydrogen-bond acceptors (Lipinski definition) is 3. The van der Waals surface area contributed by atoms with Crippen molar-refractivity contribution in [3.8, 4) is 5.75 Å². The first kappa shape index (κ1) is 19.5. The van der Waals surface area contributed by atoms with Crippen LogP contribution in [0.15, 0.2) is 73.1 Å². The van der Waals surface area contributed by atoms with Crippen molar-refractivity contribution in [2.45, 2.75) is 33.0 Å². The van der Waals surface area contributed by atoms with Crippen molar-refractivity contribution in [1.29, 1.82) is 0 Å². The van der Waals surface area contributed by atoms with Crippen molar-refractivity contribution in [3.63, 3.8) is 0 Å². The Kier molecular flexibility index (Phi) is 6.37. The minimum Gasteiger partial charge on any atom is -0.481 e. The third-order valence-corrected chi connectivity index (χ3v) is 4.50. The van der Waals surface area contributed by atoms with Crippen LogP contribution in [0.2, 0.25) is 0 Å². The minimum absolute atomic E-state index is 0.142. The number of aryl methyl sites for hydroxylation is 1. The molecule has 144 valence electrons. The Morgan fingerprint density at radius 3 is 2.50 bits per heavy atom. The van der Waals surface area contributed by atoms with Gasteiger partial charge in [-0.25, -0.2) is 4.39 Å². The number of halogens is 1. The third-order valence-electron chi connectivity index (χ3n) is 4.50. The van der Waals surface area contributed by atoms with Gasteiger partial charge in [-0.1, -0.05) is 30.3 Å². The summed E-state index contributed by atoms with van der Waals surface area (Å²) in [4.78, 5) is 19.0.